The largest absolute Gasteiger partial charge is 0.372 e. The summed E-state index contributed by atoms with van der Waals surface area (Å²) in [4.78, 5) is 16.5. The van der Waals surface area contributed by atoms with E-state index in [-0.39, 0.29) is 5.91 Å². The Morgan fingerprint density at radius 3 is 2.80 bits per heavy atom. The number of carbonyl (C=O) groups excluding carboxylic acids is 1. The Morgan fingerprint density at radius 2 is 2.10 bits per heavy atom. The summed E-state index contributed by atoms with van der Waals surface area (Å²) in [6, 6.07) is 6.97. The fourth-order valence-electron chi connectivity index (χ4n) is 1.60. The fourth-order valence-corrected chi connectivity index (χ4v) is 2.47. The molecule has 20 heavy (non-hydrogen) atoms. The van der Waals surface area contributed by atoms with Gasteiger partial charge in [-0.05, 0) is 50.1 Å². The van der Waals surface area contributed by atoms with Crippen LogP contribution in [-0.2, 0) is 0 Å². The van der Waals surface area contributed by atoms with Crippen molar-refractivity contribution in [2.75, 3.05) is 17.7 Å². The van der Waals surface area contributed by atoms with Crippen LogP contribution in [0.4, 0.5) is 11.5 Å². The van der Waals surface area contributed by atoms with Crippen LogP contribution < -0.4 is 10.6 Å². The molecule has 2 rings (SSSR count). The van der Waals surface area contributed by atoms with Crippen molar-refractivity contribution in [2.45, 2.75) is 0 Å². The molecule has 1 heterocycles. The average molecular weight is 420 g/mol. The monoisotopic (exact) mass is 417 g/mol. The van der Waals surface area contributed by atoms with E-state index in [4.69, 9.17) is 11.6 Å². The Bertz CT molecular complexity index is 664. The Hall–Kier alpha value is -1.11. The van der Waals surface area contributed by atoms with Gasteiger partial charge in [0.2, 0.25) is 0 Å². The molecule has 0 atom stereocenters. The first-order chi connectivity index (χ1) is 9.52. The minimum Gasteiger partial charge on any atom is -0.372 e. The molecule has 2 N–H and O–H groups in total. The highest BCUT2D eigenvalue weighted by Gasteiger charge is 2.14. The lowest BCUT2D eigenvalue weighted by molar-refractivity contribution is 0.102. The van der Waals surface area contributed by atoms with Crippen molar-refractivity contribution in [3.05, 3.63) is 50.0 Å². The van der Waals surface area contributed by atoms with Gasteiger partial charge in [0.05, 0.1) is 20.7 Å². The van der Waals surface area contributed by atoms with E-state index in [0.29, 0.717) is 26.6 Å². The van der Waals surface area contributed by atoms with Crippen LogP contribution in [0.15, 0.2) is 39.4 Å². The second-order valence-electron chi connectivity index (χ2n) is 3.86. The second kappa shape index (κ2) is 6.56. The number of carbonyl (C=O) groups is 1. The molecule has 0 aliphatic heterocycles. The number of nitrogens with zero attached hydrogens (tertiary/aromatic N) is 1. The van der Waals surface area contributed by atoms with Gasteiger partial charge in [-0.1, -0.05) is 17.7 Å². The van der Waals surface area contributed by atoms with E-state index in [1.165, 1.54) is 0 Å². The molecule has 0 aliphatic carbocycles. The van der Waals surface area contributed by atoms with Gasteiger partial charge in [-0.3, -0.25) is 4.79 Å². The molecular formula is C13H10Br2ClN3O. The predicted octanol–water partition coefficient (Wildman–Crippen LogP) is 4.55. The SMILES string of the molecule is CNc1ncc(Br)cc1C(=O)Nc1cccc(Cl)c1Br. The van der Waals surface area contributed by atoms with Gasteiger partial charge in [-0.15, -0.1) is 0 Å². The maximum Gasteiger partial charge on any atom is 0.259 e. The smallest absolute Gasteiger partial charge is 0.259 e. The third-order valence-corrected chi connectivity index (χ3v) is 4.37. The van der Waals surface area contributed by atoms with Gasteiger partial charge in [-0.25, -0.2) is 4.98 Å². The average Bonchev–Trinajstić information content (AvgIpc) is 2.43. The van der Waals surface area contributed by atoms with Crippen LogP contribution in [0.25, 0.3) is 0 Å². The van der Waals surface area contributed by atoms with Gasteiger partial charge in [0.15, 0.2) is 0 Å². The van der Waals surface area contributed by atoms with Crippen LogP contribution in [0.5, 0.6) is 0 Å². The van der Waals surface area contributed by atoms with Crippen molar-refractivity contribution in [3.8, 4) is 0 Å². The standard InChI is InChI=1S/C13H10Br2ClN3O/c1-17-12-8(5-7(14)6-18-12)13(20)19-10-4-2-3-9(16)11(10)15/h2-6H,1H3,(H,17,18)(H,19,20). The van der Waals surface area contributed by atoms with Crippen LogP contribution in [0, 0.1) is 0 Å². The van der Waals surface area contributed by atoms with E-state index < -0.39 is 0 Å². The molecule has 0 fully saturated rings. The Kier molecular flexibility index (Phi) is 5.01. The first-order valence-corrected chi connectivity index (χ1v) is 7.58. The molecule has 7 heteroatoms. The van der Waals surface area contributed by atoms with Crippen LogP contribution in [0.3, 0.4) is 0 Å². The number of aromatic nitrogens is 1. The summed E-state index contributed by atoms with van der Waals surface area (Å²) in [6.07, 6.45) is 1.62. The van der Waals surface area contributed by atoms with Crippen LogP contribution in [0.2, 0.25) is 5.02 Å². The molecule has 1 aromatic carbocycles. The van der Waals surface area contributed by atoms with Crippen LogP contribution >= 0.6 is 43.5 Å². The summed E-state index contributed by atoms with van der Waals surface area (Å²) in [5, 5.41) is 6.21. The second-order valence-corrected chi connectivity index (χ2v) is 5.97. The van der Waals surface area contributed by atoms with Crippen LogP contribution in [-0.4, -0.2) is 17.9 Å². The quantitative estimate of drug-likeness (QED) is 0.767. The third-order valence-electron chi connectivity index (χ3n) is 2.54. The summed E-state index contributed by atoms with van der Waals surface area (Å²) >= 11 is 12.6. The number of nitrogens with one attached hydrogen (secondary N) is 2. The first kappa shape index (κ1) is 15.3. The van der Waals surface area contributed by atoms with Gasteiger partial charge < -0.3 is 10.6 Å². The minimum absolute atomic E-state index is 0.272. The van der Waals surface area contributed by atoms with Gasteiger partial charge in [0, 0.05) is 17.7 Å². The van der Waals surface area contributed by atoms with Crippen molar-refractivity contribution < 1.29 is 4.79 Å². The van der Waals surface area contributed by atoms with Gasteiger partial charge in [-0.2, -0.15) is 0 Å². The number of pyridine rings is 1. The van der Waals surface area contributed by atoms with Crippen molar-refractivity contribution >= 4 is 60.9 Å². The zero-order chi connectivity index (χ0) is 14.7. The maximum absolute atomic E-state index is 12.3. The Balaban J connectivity index is 2.33. The zero-order valence-corrected chi connectivity index (χ0v) is 14.3. The molecule has 0 aliphatic rings. The maximum atomic E-state index is 12.3. The lowest BCUT2D eigenvalue weighted by atomic mass is 10.2. The van der Waals surface area contributed by atoms with Gasteiger partial charge in [0.1, 0.15) is 5.82 Å². The van der Waals surface area contributed by atoms with E-state index in [9.17, 15) is 4.79 Å². The van der Waals surface area contributed by atoms with Crippen molar-refractivity contribution in [3.63, 3.8) is 0 Å². The molecule has 1 amide bonds. The number of anilines is 2. The molecular weight excluding hydrogens is 409 g/mol. The Labute approximate surface area is 138 Å². The van der Waals surface area contributed by atoms with Crippen molar-refractivity contribution in [1.29, 1.82) is 0 Å². The summed E-state index contributed by atoms with van der Waals surface area (Å²) in [6.45, 7) is 0. The summed E-state index contributed by atoms with van der Waals surface area (Å²) in [5.74, 6) is 0.231. The summed E-state index contributed by atoms with van der Waals surface area (Å²) < 4.78 is 1.37. The highest BCUT2D eigenvalue weighted by molar-refractivity contribution is 9.11. The number of halogens is 3. The number of hydrogen-bond donors (Lipinski definition) is 2. The highest BCUT2D eigenvalue weighted by Crippen LogP contribution is 2.30. The molecule has 104 valence electrons. The number of hydrogen-bond acceptors (Lipinski definition) is 3. The molecule has 0 unspecified atom stereocenters. The summed E-state index contributed by atoms with van der Waals surface area (Å²) in [5.41, 5.74) is 1.04. The molecule has 2 aromatic rings. The topological polar surface area (TPSA) is 54.0 Å². The third kappa shape index (κ3) is 3.31. The van der Waals surface area contributed by atoms with E-state index in [0.717, 1.165) is 4.47 Å². The van der Waals surface area contributed by atoms with E-state index in [2.05, 4.69) is 47.5 Å². The molecule has 0 saturated heterocycles. The minimum atomic E-state index is -0.272. The van der Waals surface area contributed by atoms with Crippen molar-refractivity contribution in [1.82, 2.24) is 4.98 Å². The van der Waals surface area contributed by atoms with Crippen molar-refractivity contribution in [2.24, 2.45) is 0 Å². The number of benzene rings is 1. The van der Waals surface area contributed by atoms with Gasteiger partial charge >= 0.3 is 0 Å². The predicted molar refractivity (Wildman–Crippen MR) is 88.6 cm³/mol. The summed E-state index contributed by atoms with van der Waals surface area (Å²) in [7, 11) is 1.71. The van der Waals surface area contributed by atoms with Crippen LogP contribution in [0.1, 0.15) is 10.4 Å². The highest BCUT2D eigenvalue weighted by atomic mass is 79.9. The lowest BCUT2D eigenvalue weighted by Gasteiger charge is -2.11. The number of amides is 1. The normalized spacial score (nSPS) is 10.2. The molecule has 0 spiro atoms. The van der Waals surface area contributed by atoms with Gasteiger partial charge in [0.25, 0.3) is 5.91 Å². The molecule has 0 bridgehead atoms. The molecule has 0 saturated carbocycles. The fraction of sp³-hybridized carbons (Fsp3) is 0.0769. The molecule has 0 radical (unpaired) electrons. The Morgan fingerprint density at radius 1 is 1.35 bits per heavy atom. The zero-order valence-electron chi connectivity index (χ0n) is 10.4. The molecule has 4 nitrogen and oxygen atoms in total. The van der Waals surface area contributed by atoms with E-state index in [1.54, 1.807) is 37.5 Å². The van der Waals surface area contributed by atoms with E-state index >= 15 is 0 Å². The first-order valence-electron chi connectivity index (χ1n) is 5.61. The molecule has 1 aromatic heterocycles. The lowest BCUT2D eigenvalue weighted by Crippen LogP contribution is -2.15. The van der Waals surface area contributed by atoms with E-state index in [1.807, 2.05) is 0 Å². The number of rotatable bonds is 3.